The zero-order valence-electron chi connectivity index (χ0n) is 17.9. The second-order valence-electron chi connectivity index (χ2n) is 7.62. The topological polar surface area (TPSA) is 67.9 Å². The highest BCUT2D eigenvalue weighted by molar-refractivity contribution is 8.04. The summed E-state index contributed by atoms with van der Waals surface area (Å²) in [4.78, 5) is 28.3. The van der Waals surface area contributed by atoms with Crippen molar-refractivity contribution < 1.29 is 19.1 Å². The van der Waals surface area contributed by atoms with E-state index in [0.29, 0.717) is 29.9 Å². The molecule has 2 amide bonds. The zero-order chi connectivity index (χ0) is 21.3. The first kappa shape index (κ1) is 22.7. The molecule has 2 atom stereocenters. The molecule has 0 radical (unpaired) electrons. The number of carbonyl (C=O) groups is 2. The van der Waals surface area contributed by atoms with E-state index >= 15 is 0 Å². The highest BCUT2D eigenvalue weighted by Crippen LogP contribution is 2.42. The quantitative estimate of drug-likeness (QED) is 0.478. The van der Waals surface area contributed by atoms with Crippen LogP contribution in [-0.2, 0) is 14.3 Å². The average Bonchev–Trinajstić information content (AvgIpc) is 2.77. The molecule has 1 saturated heterocycles. The van der Waals surface area contributed by atoms with Gasteiger partial charge in [-0.15, -0.1) is 11.8 Å². The van der Waals surface area contributed by atoms with Gasteiger partial charge in [0.15, 0.2) is 0 Å². The van der Waals surface area contributed by atoms with E-state index in [1.807, 2.05) is 37.3 Å². The van der Waals surface area contributed by atoms with Crippen LogP contribution in [0.2, 0.25) is 0 Å². The first-order chi connectivity index (χ1) is 14.6. The average molecular weight is 433 g/mol. The van der Waals surface area contributed by atoms with E-state index in [1.54, 1.807) is 23.8 Å². The predicted molar refractivity (Wildman–Crippen MR) is 120 cm³/mol. The lowest BCUT2D eigenvalue weighted by Crippen LogP contribution is -2.54. The number of hydrogen-bond donors (Lipinski definition) is 1. The Hall–Kier alpha value is -1.99. The molecular weight excluding hydrogens is 400 g/mol. The molecule has 1 aromatic rings. The number of rotatable bonds is 9. The minimum Gasteiger partial charge on any atom is -0.497 e. The summed E-state index contributed by atoms with van der Waals surface area (Å²) < 4.78 is 10.5. The molecule has 2 unspecified atom stereocenters. The highest BCUT2D eigenvalue weighted by Gasteiger charge is 2.41. The Morgan fingerprint density at radius 2 is 2.03 bits per heavy atom. The first-order valence-electron chi connectivity index (χ1n) is 10.8. The number of fused-ring (bicyclic) bond motifs is 1. The van der Waals surface area contributed by atoms with Crippen molar-refractivity contribution in [3.8, 4) is 5.75 Å². The van der Waals surface area contributed by atoms with Crippen LogP contribution in [0.3, 0.4) is 0 Å². The van der Waals surface area contributed by atoms with E-state index in [9.17, 15) is 9.59 Å². The van der Waals surface area contributed by atoms with Crippen molar-refractivity contribution in [1.82, 2.24) is 10.2 Å². The molecule has 1 saturated carbocycles. The number of nitrogens with one attached hydrogen (secondary N) is 1. The van der Waals surface area contributed by atoms with Gasteiger partial charge < -0.3 is 19.7 Å². The Morgan fingerprint density at radius 3 is 2.77 bits per heavy atom. The number of methoxy groups -OCH3 is 1. The number of nitrogens with zero attached hydrogens (tertiary/aromatic N) is 1. The van der Waals surface area contributed by atoms with E-state index in [2.05, 4.69) is 5.32 Å². The van der Waals surface area contributed by atoms with Gasteiger partial charge >= 0.3 is 0 Å². The highest BCUT2D eigenvalue weighted by atomic mass is 32.2. The third-order valence-corrected chi connectivity index (χ3v) is 6.94. The molecule has 1 aromatic carbocycles. The number of amides is 2. The van der Waals surface area contributed by atoms with Crippen molar-refractivity contribution in [3.63, 3.8) is 0 Å². The van der Waals surface area contributed by atoms with Gasteiger partial charge in [-0.2, -0.15) is 0 Å². The Morgan fingerprint density at radius 1 is 1.27 bits per heavy atom. The SMILES string of the molecule is CCOCCCNC(=O)CN1C(=O)/C(=C/c2ccc(OC)cc2)SC2CCCCC21. The standard InChI is InChI=1S/C23H32N2O4S/c1-3-29-14-6-13-24-22(26)16-25-19-7-4-5-8-20(19)30-21(23(25)27)15-17-9-11-18(28-2)12-10-17/h9-12,15,19-20H,3-8,13-14,16H2,1-2H3,(H,24,26)/b21-15-. The minimum absolute atomic E-state index is 0.0385. The molecule has 1 N–H and O–H groups in total. The van der Waals surface area contributed by atoms with Crippen LogP contribution in [-0.4, -0.2) is 61.4 Å². The Labute approximate surface area is 183 Å². The molecule has 0 spiro atoms. The summed E-state index contributed by atoms with van der Waals surface area (Å²) in [6, 6.07) is 7.81. The fourth-order valence-corrected chi connectivity index (χ4v) is 5.44. The Balaban J connectivity index is 1.68. The van der Waals surface area contributed by atoms with Crippen molar-refractivity contribution in [3.05, 3.63) is 34.7 Å². The smallest absolute Gasteiger partial charge is 0.261 e. The van der Waals surface area contributed by atoms with Gasteiger partial charge in [-0.3, -0.25) is 9.59 Å². The summed E-state index contributed by atoms with van der Waals surface area (Å²) in [7, 11) is 1.64. The van der Waals surface area contributed by atoms with E-state index < -0.39 is 0 Å². The van der Waals surface area contributed by atoms with Crippen LogP contribution in [0.5, 0.6) is 5.75 Å². The summed E-state index contributed by atoms with van der Waals surface area (Å²) in [6.07, 6.45) is 7.04. The second-order valence-corrected chi connectivity index (χ2v) is 8.90. The molecular formula is C23H32N2O4S. The molecule has 2 aliphatic rings. The molecule has 2 fully saturated rings. The van der Waals surface area contributed by atoms with Gasteiger partial charge in [0.05, 0.1) is 12.0 Å². The van der Waals surface area contributed by atoms with Crippen LogP contribution in [0, 0.1) is 0 Å². The molecule has 3 rings (SSSR count). The van der Waals surface area contributed by atoms with Crippen LogP contribution in [0.4, 0.5) is 0 Å². The third-order valence-electron chi connectivity index (χ3n) is 5.54. The van der Waals surface area contributed by atoms with Crippen LogP contribution in [0.15, 0.2) is 29.2 Å². The summed E-state index contributed by atoms with van der Waals surface area (Å²) in [6.45, 7) is 3.96. The Bertz CT molecular complexity index is 750. The second kappa shape index (κ2) is 11.4. The lowest BCUT2D eigenvalue weighted by atomic mass is 9.93. The number of benzene rings is 1. The fourth-order valence-electron chi connectivity index (χ4n) is 3.97. The van der Waals surface area contributed by atoms with Crippen LogP contribution in [0.1, 0.15) is 44.6 Å². The molecule has 1 aliphatic heterocycles. The zero-order valence-corrected chi connectivity index (χ0v) is 18.7. The van der Waals surface area contributed by atoms with E-state index in [4.69, 9.17) is 9.47 Å². The monoisotopic (exact) mass is 432 g/mol. The molecule has 0 aromatic heterocycles. The van der Waals surface area contributed by atoms with Gasteiger partial charge in [0.1, 0.15) is 12.3 Å². The van der Waals surface area contributed by atoms with E-state index in [-0.39, 0.29) is 24.4 Å². The number of thioether (sulfide) groups is 1. The minimum atomic E-state index is -0.0973. The maximum absolute atomic E-state index is 13.3. The number of ether oxygens (including phenoxy) is 2. The number of hydrogen-bond acceptors (Lipinski definition) is 5. The van der Waals surface area contributed by atoms with Crippen LogP contribution < -0.4 is 10.1 Å². The predicted octanol–water partition coefficient (Wildman–Crippen LogP) is 3.47. The van der Waals surface area contributed by atoms with Gasteiger partial charge in [0.2, 0.25) is 5.91 Å². The van der Waals surface area contributed by atoms with Crippen molar-refractivity contribution >= 4 is 29.7 Å². The van der Waals surface area contributed by atoms with Gasteiger partial charge in [0, 0.05) is 31.1 Å². The normalized spacial score (nSPS) is 22.7. The number of carbonyl (C=O) groups excluding carboxylic acids is 2. The summed E-state index contributed by atoms with van der Waals surface area (Å²) in [5, 5.41) is 3.28. The third kappa shape index (κ3) is 6.01. The van der Waals surface area contributed by atoms with Crippen LogP contribution >= 0.6 is 11.8 Å². The maximum atomic E-state index is 13.3. The molecule has 7 heteroatoms. The fraction of sp³-hybridized carbons (Fsp3) is 0.565. The van der Waals surface area contributed by atoms with Gasteiger partial charge in [-0.25, -0.2) is 0 Å². The first-order valence-corrected chi connectivity index (χ1v) is 11.7. The van der Waals surface area contributed by atoms with Crippen molar-refractivity contribution in [2.24, 2.45) is 0 Å². The van der Waals surface area contributed by atoms with Crippen molar-refractivity contribution in [2.75, 3.05) is 33.4 Å². The van der Waals surface area contributed by atoms with E-state index in [0.717, 1.165) is 37.0 Å². The lowest BCUT2D eigenvalue weighted by molar-refractivity contribution is -0.135. The molecule has 164 valence electrons. The molecule has 1 heterocycles. The van der Waals surface area contributed by atoms with Gasteiger partial charge in [-0.1, -0.05) is 25.0 Å². The van der Waals surface area contributed by atoms with E-state index in [1.165, 1.54) is 6.42 Å². The molecule has 0 bridgehead atoms. The summed E-state index contributed by atoms with van der Waals surface area (Å²) in [5.41, 5.74) is 0.959. The summed E-state index contributed by atoms with van der Waals surface area (Å²) >= 11 is 1.68. The van der Waals surface area contributed by atoms with Crippen molar-refractivity contribution in [2.45, 2.75) is 50.3 Å². The molecule has 30 heavy (non-hydrogen) atoms. The van der Waals surface area contributed by atoms with Crippen LogP contribution in [0.25, 0.3) is 6.08 Å². The van der Waals surface area contributed by atoms with Crippen molar-refractivity contribution in [1.29, 1.82) is 0 Å². The molecule has 1 aliphatic carbocycles. The van der Waals surface area contributed by atoms with Gasteiger partial charge in [-0.05, 0) is 50.0 Å². The largest absolute Gasteiger partial charge is 0.497 e. The summed E-state index contributed by atoms with van der Waals surface area (Å²) in [5.74, 6) is 0.651. The molecule has 6 nitrogen and oxygen atoms in total. The Kier molecular flexibility index (Phi) is 8.63. The maximum Gasteiger partial charge on any atom is 0.261 e. The van der Waals surface area contributed by atoms with Gasteiger partial charge in [0.25, 0.3) is 5.91 Å². The lowest BCUT2D eigenvalue weighted by Gasteiger charge is -2.43.